The lowest BCUT2D eigenvalue weighted by Gasteiger charge is -2.30. The maximum atomic E-state index is 14.5. The Hall–Kier alpha value is -1.19. The number of halogens is 1. The molecule has 1 aliphatic carbocycles. The van der Waals surface area contributed by atoms with Crippen LogP contribution in [0.25, 0.3) is 0 Å². The highest BCUT2D eigenvalue weighted by molar-refractivity contribution is 5.12. The minimum Gasteiger partial charge on any atom is -0.477 e. The molecule has 1 aliphatic rings. The van der Waals surface area contributed by atoms with Crippen LogP contribution in [-0.2, 0) is 6.42 Å². The van der Waals surface area contributed by atoms with Crippen LogP contribution < -0.4 is 4.74 Å². The molecule has 1 saturated carbocycles. The summed E-state index contributed by atoms with van der Waals surface area (Å²) in [5.74, 6) is 1.56. The van der Waals surface area contributed by atoms with Crippen LogP contribution in [0, 0.1) is 11.8 Å². The van der Waals surface area contributed by atoms with Crippen molar-refractivity contribution in [2.24, 2.45) is 11.8 Å². The summed E-state index contributed by atoms with van der Waals surface area (Å²) in [6.07, 6.45) is 8.67. The molecule has 2 rings (SSSR count). The summed E-state index contributed by atoms with van der Waals surface area (Å²) in [5, 5.41) is 8.17. The second-order valence-corrected chi connectivity index (χ2v) is 6.85. The summed E-state index contributed by atoms with van der Waals surface area (Å²) in [7, 11) is 0. The fourth-order valence-electron chi connectivity index (χ4n) is 3.47. The third-order valence-electron chi connectivity index (χ3n) is 4.95. The smallest absolute Gasteiger partial charge is 0.233 e. The van der Waals surface area contributed by atoms with Crippen molar-refractivity contribution in [2.45, 2.75) is 77.8 Å². The van der Waals surface area contributed by atoms with Gasteiger partial charge in [-0.3, -0.25) is 0 Å². The maximum Gasteiger partial charge on any atom is 0.233 e. The van der Waals surface area contributed by atoms with E-state index in [-0.39, 0.29) is 5.92 Å². The molecule has 0 saturated heterocycles. The first-order chi connectivity index (χ1) is 11.2. The van der Waals surface area contributed by atoms with Crippen molar-refractivity contribution in [3.63, 3.8) is 0 Å². The van der Waals surface area contributed by atoms with Crippen LogP contribution in [-0.4, -0.2) is 23.0 Å². The number of nitrogens with zero attached hydrogens (tertiary/aromatic N) is 2. The van der Waals surface area contributed by atoms with Gasteiger partial charge < -0.3 is 4.74 Å². The molecule has 0 aromatic carbocycles. The third-order valence-corrected chi connectivity index (χ3v) is 4.95. The molecule has 130 valence electrons. The zero-order valence-corrected chi connectivity index (χ0v) is 14.6. The number of ether oxygens (including phenoxy) is 1. The number of aromatic nitrogens is 2. The van der Waals surface area contributed by atoms with E-state index in [0.717, 1.165) is 37.3 Å². The van der Waals surface area contributed by atoms with Gasteiger partial charge in [0.2, 0.25) is 5.88 Å². The van der Waals surface area contributed by atoms with Crippen LogP contribution in [0.2, 0.25) is 0 Å². The van der Waals surface area contributed by atoms with E-state index in [9.17, 15) is 4.39 Å². The lowest BCUT2D eigenvalue weighted by atomic mass is 9.77. The zero-order valence-electron chi connectivity index (χ0n) is 14.6. The third kappa shape index (κ3) is 6.08. The average Bonchev–Trinajstić information content (AvgIpc) is 2.57. The van der Waals surface area contributed by atoms with E-state index in [1.807, 2.05) is 12.1 Å². The summed E-state index contributed by atoms with van der Waals surface area (Å²) in [4.78, 5) is 0. The fraction of sp³-hybridized carbons (Fsp3) is 0.789. The maximum absolute atomic E-state index is 14.5. The summed E-state index contributed by atoms with van der Waals surface area (Å²) < 4.78 is 20.0. The molecule has 1 atom stereocenters. The topological polar surface area (TPSA) is 35.0 Å². The van der Waals surface area contributed by atoms with Crippen molar-refractivity contribution in [1.29, 1.82) is 0 Å². The Bertz CT molecular complexity index is 430. The summed E-state index contributed by atoms with van der Waals surface area (Å²) >= 11 is 0. The molecule has 1 aromatic rings. The molecule has 1 aromatic heterocycles. The Morgan fingerprint density at radius 1 is 1.13 bits per heavy atom. The first-order valence-corrected chi connectivity index (χ1v) is 9.32. The molecule has 1 fully saturated rings. The van der Waals surface area contributed by atoms with E-state index in [2.05, 4.69) is 24.0 Å². The van der Waals surface area contributed by atoms with Crippen LogP contribution in [0.1, 0.15) is 70.9 Å². The van der Waals surface area contributed by atoms with Gasteiger partial charge in [0.15, 0.2) is 0 Å². The number of alkyl halides is 1. The molecule has 0 radical (unpaired) electrons. The Balaban J connectivity index is 1.75. The van der Waals surface area contributed by atoms with E-state index >= 15 is 0 Å². The van der Waals surface area contributed by atoms with E-state index in [1.54, 1.807) is 0 Å². The Morgan fingerprint density at radius 3 is 2.52 bits per heavy atom. The monoisotopic (exact) mass is 322 g/mol. The highest BCUT2D eigenvalue weighted by Gasteiger charge is 2.27. The lowest BCUT2D eigenvalue weighted by molar-refractivity contribution is 0.151. The number of rotatable bonds is 9. The normalized spacial score (nSPS) is 22.7. The van der Waals surface area contributed by atoms with Crippen LogP contribution >= 0.6 is 0 Å². The Morgan fingerprint density at radius 2 is 1.91 bits per heavy atom. The highest BCUT2D eigenvalue weighted by Crippen LogP contribution is 2.35. The molecular formula is C19H31FN2O. The lowest BCUT2D eigenvalue weighted by Crippen LogP contribution is -2.24. The molecule has 0 amide bonds. The minimum absolute atomic E-state index is 0.199. The number of hydrogen-bond acceptors (Lipinski definition) is 3. The molecule has 0 bridgehead atoms. The number of hydrogen-bond donors (Lipinski definition) is 0. The predicted octanol–water partition coefficient (Wildman–Crippen LogP) is 5.14. The molecule has 3 nitrogen and oxygen atoms in total. The molecule has 1 unspecified atom stereocenters. The van der Waals surface area contributed by atoms with Crippen molar-refractivity contribution in [3.05, 3.63) is 17.8 Å². The highest BCUT2D eigenvalue weighted by atomic mass is 19.1. The minimum atomic E-state index is -0.793. The fourth-order valence-corrected chi connectivity index (χ4v) is 3.47. The van der Waals surface area contributed by atoms with Gasteiger partial charge in [-0.05, 0) is 37.2 Å². The van der Waals surface area contributed by atoms with Crippen LogP contribution in [0.5, 0.6) is 5.88 Å². The van der Waals surface area contributed by atoms with E-state index in [4.69, 9.17) is 4.74 Å². The summed E-state index contributed by atoms with van der Waals surface area (Å²) in [6, 6.07) is 3.66. The molecule has 0 N–H and O–H groups in total. The van der Waals surface area contributed by atoms with Crippen molar-refractivity contribution in [2.75, 3.05) is 6.61 Å². The Labute approximate surface area is 140 Å². The second-order valence-electron chi connectivity index (χ2n) is 6.85. The van der Waals surface area contributed by atoms with Crippen LogP contribution in [0.15, 0.2) is 12.1 Å². The molecule has 4 heteroatoms. The number of unbranched alkanes of at least 4 members (excludes halogenated alkanes) is 1. The molecule has 0 aliphatic heterocycles. The SMILES string of the molecule is CCCCOc1ccc(CC(F)C2CCC(CCC)CC2)nn1. The van der Waals surface area contributed by atoms with Gasteiger partial charge in [0.05, 0.1) is 12.3 Å². The van der Waals surface area contributed by atoms with Gasteiger partial charge in [0.25, 0.3) is 0 Å². The van der Waals surface area contributed by atoms with Crippen molar-refractivity contribution in [3.8, 4) is 5.88 Å². The quantitative estimate of drug-likeness (QED) is 0.590. The average molecular weight is 322 g/mol. The van der Waals surface area contributed by atoms with E-state index in [0.29, 0.717) is 18.9 Å². The molecule has 23 heavy (non-hydrogen) atoms. The van der Waals surface area contributed by atoms with Gasteiger partial charge in [0.1, 0.15) is 6.17 Å². The van der Waals surface area contributed by atoms with Gasteiger partial charge in [-0.2, -0.15) is 5.10 Å². The standard InChI is InChI=1S/C19H31FN2O/c1-3-5-13-23-19-12-11-17(21-22-19)14-18(20)16-9-7-15(6-4-2)8-10-16/h11-12,15-16,18H,3-10,13-14H2,1-2H3. The van der Waals surface area contributed by atoms with Gasteiger partial charge in [-0.1, -0.05) is 46.0 Å². The summed E-state index contributed by atoms with van der Waals surface area (Å²) in [5.41, 5.74) is 0.732. The van der Waals surface area contributed by atoms with Gasteiger partial charge in [-0.25, -0.2) is 4.39 Å². The van der Waals surface area contributed by atoms with Crippen molar-refractivity contribution < 1.29 is 9.13 Å². The molecule has 1 heterocycles. The van der Waals surface area contributed by atoms with Gasteiger partial charge in [-0.15, -0.1) is 5.10 Å². The molecular weight excluding hydrogens is 291 g/mol. The van der Waals surface area contributed by atoms with Crippen molar-refractivity contribution >= 4 is 0 Å². The summed E-state index contributed by atoms with van der Waals surface area (Å²) in [6.45, 7) is 5.02. The van der Waals surface area contributed by atoms with Gasteiger partial charge in [0, 0.05) is 12.5 Å². The van der Waals surface area contributed by atoms with Crippen molar-refractivity contribution in [1.82, 2.24) is 10.2 Å². The van der Waals surface area contributed by atoms with Crippen LogP contribution in [0.4, 0.5) is 4.39 Å². The van der Waals surface area contributed by atoms with Crippen LogP contribution in [0.3, 0.4) is 0 Å². The zero-order chi connectivity index (χ0) is 16.5. The predicted molar refractivity (Wildman–Crippen MR) is 91.4 cm³/mol. The van der Waals surface area contributed by atoms with E-state index < -0.39 is 6.17 Å². The Kier molecular flexibility index (Phi) is 7.77. The molecule has 0 spiro atoms. The second kappa shape index (κ2) is 9.84. The largest absolute Gasteiger partial charge is 0.477 e. The van der Waals surface area contributed by atoms with Gasteiger partial charge >= 0.3 is 0 Å². The first kappa shape index (κ1) is 18.2. The van der Waals surface area contributed by atoms with E-state index in [1.165, 1.54) is 25.7 Å². The first-order valence-electron chi connectivity index (χ1n) is 9.32.